The monoisotopic (exact) mass is 544 g/mol. The van der Waals surface area contributed by atoms with Gasteiger partial charge in [0.15, 0.2) is 11.6 Å². The van der Waals surface area contributed by atoms with E-state index in [1.54, 1.807) is 37.3 Å². The zero-order valence-electron chi connectivity index (χ0n) is 24.1. The lowest BCUT2D eigenvalue weighted by atomic mass is 9.68. The van der Waals surface area contributed by atoms with Crippen molar-refractivity contribution in [2.24, 2.45) is 17.8 Å². The van der Waals surface area contributed by atoms with Crippen molar-refractivity contribution in [1.82, 2.24) is 0 Å². The summed E-state index contributed by atoms with van der Waals surface area (Å²) >= 11 is 0. The van der Waals surface area contributed by atoms with E-state index < -0.39 is 11.6 Å². The van der Waals surface area contributed by atoms with Gasteiger partial charge in [0, 0.05) is 5.56 Å². The van der Waals surface area contributed by atoms with Crippen molar-refractivity contribution < 1.29 is 13.2 Å². The van der Waals surface area contributed by atoms with E-state index in [0.717, 1.165) is 47.3 Å². The van der Waals surface area contributed by atoms with Gasteiger partial charge in [0.25, 0.3) is 0 Å². The SMILES string of the molecule is C/C=C/CCC1CCC(C2CCC(c3ccc(-c4ccc(-c5ccc(CC)c(F)c5F)cc4)cc3F)CC2)CC1. The molecule has 0 amide bonds. The zero-order chi connectivity index (χ0) is 28.1. The third kappa shape index (κ3) is 6.40. The van der Waals surface area contributed by atoms with Crippen LogP contribution >= 0.6 is 0 Å². The molecule has 0 aromatic heterocycles. The summed E-state index contributed by atoms with van der Waals surface area (Å²) in [4.78, 5) is 0. The van der Waals surface area contributed by atoms with Crippen molar-refractivity contribution in [3.8, 4) is 22.3 Å². The van der Waals surface area contributed by atoms with Gasteiger partial charge in [-0.1, -0.05) is 80.4 Å². The minimum atomic E-state index is -0.815. The number of benzene rings is 3. The van der Waals surface area contributed by atoms with Gasteiger partial charge in [-0.15, -0.1) is 0 Å². The van der Waals surface area contributed by atoms with Crippen LogP contribution in [0, 0.1) is 35.2 Å². The fraction of sp³-hybridized carbons (Fsp3) is 0.459. The molecule has 0 radical (unpaired) electrons. The second-order valence-corrected chi connectivity index (χ2v) is 12.1. The summed E-state index contributed by atoms with van der Waals surface area (Å²) in [7, 11) is 0. The first-order valence-electron chi connectivity index (χ1n) is 15.5. The predicted octanol–water partition coefficient (Wildman–Crippen LogP) is 11.4. The van der Waals surface area contributed by atoms with E-state index in [2.05, 4.69) is 19.1 Å². The number of hydrogen-bond acceptors (Lipinski definition) is 0. The molecular weight excluding hydrogens is 501 g/mol. The largest absolute Gasteiger partial charge is 0.207 e. The summed E-state index contributed by atoms with van der Waals surface area (Å²) in [5.74, 6) is 1.16. The Morgan fingerprint density at radius 3 is 1.95 bits per heavy atom. The Hall–Kier alpha value is -2.81. The summed E-state index contributed by atoms with van der Waals surface area (Å²) in [6, 6.07) is 16.2. The molecule has 2 aliphatic carbocycles. The van der Waals surface area contributed by atoms with Gasteiger partial charge >= 0.3 is 0 Å². The van der Waals surface area contributed by atoms with E-state index in [0.29, 0.717) is 23.5 Å². The van der Waals surface area contributed by atoms with E-state index in [1.807, 2.05) is 24.3 Å². The highest BCUT2D eigenvalue weighted by molar-refractivity contribution is 5.71. The average Bonchev–Trinajstić information content (AvgIpc) is 2.99. The summed E-state index contributed by atoms with van der Waals surface area (Å²) in [5, 5.41) is 0. The van der Waals surface area contributed by atoms with Gasteiger partial charge in [-0.2, -0.15) is 0 Å². The summed E-state index contributed by atoms with van der Waals surface area (Å²) in [6.45, 7) is 3.91. The van der Waals surface area contributed by atoms with Gasteiger partial charge in [-0.25, -0.2) is 13.2 Å². The summed E-state index contributed by atoms with van der Waals surface area (Å²) in [6.07, 6.45) is 17.6. The molecule has 0 nitrogen and oxygen atoms in total. The van der Waals surface area contributed by atoms with Crippen LogP contribution in [0.4, 0.5) is 13.2 Å². The molecule has 2 saturated carbocycles. The fourth-order valence-electron chi connectivity index (χ4n) is 7.31. The second kappa shape index (κ2) is 13.2. The smallest absolute Gasteiger partial charge is 0.166 e. The van der Waals surface area contributed by atoms with Crippen LogP contribution in [0.1, 0.15) is 95.1 Å². The molecule has 0 aliphatic heterocycles. The van der Waals surface area contributed by atoms with Gasteiger partial charge in [-0.05, 0) is 122 Å². The van der Waals surface area contributed by atoms with Crippen molar-refractivity contribution in [2.45, 2.75) is 90.4 Å². The molecule has 3 aromatic carbocycles. The zero-order valence-corrected chi connectivity index (χ0v) is 24.1. The van der Waals surface area contributed by atoms with E-state index >= 15 is 4.39 Å². The van der Waals surface area contributed by atoms with Crippen LogP contribution in [0.5, 0.6) is 0 Å². The molecule has 5 rings (SSSR count). The third-order valence-electron chi connectivity index (χ3n) is 9.82. The van der Waals surface area contributed by atoms with Crippen molar-refractivity contribution in [2.75, 3.05) is 0 Å². The number of aryl methyl sites for hydroxylation is 1. The van der Waals surface area contributed by atoms with E-state index in [4.69, 9.17) is 0 Å². The number of allylic oxidation sites excluding steroid dienone is 2. The first-order chi connectivity index (χ1) is 19.5. The van der Waals surface area contributed by atoms with Gasteiger partial charge in [0.2, 0.25) is 0 Å². The summed E-state index contributed by atoms with van der Waals surface area (Å²) < 4.78 is 44.3. The van der Waals surface area contributed by atoms with Crippen LogP contribution in [0.2, 0.25) is 0 Å². The number of hydrogen-bond donors (Lipinski definition) is 0. The van der Waals surface area contributed by atoms with Crippen molar-refractivity contribution >= 4 is 0 Å². The third-order valence-corrected chi connectivity index (χ3v) is 9.82. The minimum Gasteiger partial charge on any atom is -0.207 e. The molecule has 0 saturated heterocycles. The summed E-state index contributed by atoms with van der Waals surface area (Å²) in [5.41, 5.74) is 3.75. The van der Waals surface area contributed by atoms with Gasteiger partial charge in [0.05, 0.1) is 0 Å². The van der Waals surface area contributed by atoms with E-state index in [9.17, 15) is 8.78 Å². The highest BCUT2D eigenvalue weighted by Crippen LogP contribution is 2.45. The maximum atomic E-state index is 15.4. The molecule has 2 fully saturated rings. The minimum absolute atomic E-state index is 0.130. The molecule has 3 aromatic rings. The first-order valence-corrected chi connectivity index (χ1v) is 15.5. The van der Waals surface area contributed by atoms with Gasteiger partial charge in [0.1, 0.15) is 5.82 Å². The molecule has 0 bridgehead atoms. The van der Waals surface area contributed by atoms with Gasteiger partial charge in [-0.3, -0.25) is 0 Å². The number of rotatable bonds is 8. The maximum Gasteiger partial charge on any atom is 0.166 e. The topological polar surface area (TPSA) is 0 Å². The molecule has 0 atom stereocenters. The Kier molecular flexibility index (Phi) is 9.50. The molecular formula is C37H43F3. The lowest BCUT2D eigenvalue weighted by molar-refractivity contribution is 0.156. The lowest BCUT2D eigenvalue weighted by Crippen LogP contribution is -2.25. The van der Waals surface area contributed by atoms with Gasteiger partial charge < -0.3 is 0 Å². The van der Waals surface area contributed by atoms with Crippen LogP contribution in [-0.4, -0.2) is 0 Å². The Bertz CT molecular complexity index is 1290. The normalized spacial score (nSPS) is 23.5. The average molecular weight is 545 g/mol. The van der Waals surface area contributed by atoms with Crippen LogP contribution < -0.4 is 0 Å². The molecule has 3 heteroatoms. The highest BCUT2D eigenvalue weighted by atomic mass is 19.2. The quantitative estimate of drug-likeness (QED) is 0.247. The number of halogens is 3. The second-order valence-electron chi connectivity index (χ2n) is 12.1. The van der Waals surface area contributed by atoms with Crippen LogP contribution in [-0.2, 0) is 6.42 Å². The molecule has 0 unspecified atom stereocenters. The molecule has 212 valence electrons. The molecule has 0 N–H and O–H groups in total. The van der Waals surface area contributed by atoms with Crippen molar-refractivity contribution in [3.63, 3.8) is 0 Å². The van der Waals surface area contributed by atoms with Crippen LogP contribution in [0.25, 0.3) is 22.3 Å². The van der Waals surface area contributed by atoms with Crippen LogP contribution in [0.15, 0.2) is 66.7 Å². The standard InChI is InChI=1S/C37H43F3/c1-3-5-6-7-25-8-10-27(11-9-25)28-12-16-30(17-13-28)33-22-21-32(24-35(33)38)29-14-18-31(19-15-29)34-23-20-26(4-2)36(39)37(34)40/h3,5,14-15,18-25,27-28,30H,4,6-13,16-17H2,1-2H3/b5-3+. The highest BCUT2D eigenvalue weighted by Gasteiger charge is 2.32. The Balaban J connectivity index is 1.18. The van der Waals surface area contributed by atoms with Crippen molar-refractivity contribution in [3.05, 3.63) is 95.3 Å². The lowest BCUT2D eigenvalue weighted by Gasteiger charge is -2.38. The van der Waals surface area contributed by atoms with Crippen molar-refractivity contribution in [1.29, 1.82) is 0 Å². The molecule has 0 spiro atoms. The molecule has 40 heavy (non-hydrogen) atoms. The Morgan fingerprint density at radius 2 is 1.32 bits per heavy atom. The molecule has 2 aliphatic rings. The fourth-order valence-corrected chi connectivity index (χ4v) is 7.31. The predicted molar refractivity (Wildman–Crippen MR) is 161 cm³/mol. The first kappa shape index (κ1) is 28.7. The Labute approximate surface area is 238 Å². The maximum absolute atomic E-state index is 15.4. The molecule has 0 heterocycles. The van der Waals surface area contributed by atoms with Crippen LogP contribution in [0.3, 0.4) is 0 Å². The van der Waals surface area contributed by atoms with E-state index in [-0.39, 0.29) is 11.4 Å². The Morgan fingerprint density at radius 1 is 0.700 bits per heavy atom. The van der Waals surface area contributed by atoms with E-state index in [1.165, 1.54) is 51.4 Å².